The Kier molecular flexibility index (Phi) is 5.00. The zero-order chi connectivity index (χ0) is 18.5. The molecule has 0 atom stereocenters. The van der Waals surface area contributed by atoms with Crippen LogP contribution in [0.1, 0.15) is 11.1 Å². The minimum absolute atomic E-state index is 0.0850. The summed E-state index contributed by atoms with van der Waals surface area (Å²) in [4.78, 5) is 17.0. The molecule has 1 aromatic heterocycles. The van der Waals surface area contributed by atoms with Crippen LogP contribution in [-0.4, -0.2) is 21.7 Å². The van der Waals surface area contributed by atoms with E-state index in [1.165, 1.54) is 24.7 Å². The van der Waals surface area contributed by atoms with Crippen LogP contribution in [-0.2, 0) is 11.3 Å². The molecule has 0 spiro atoms. The molecule has 132 valence electrons. The second-order valence-electron chi connectivity index (χ2n) is 5.49. The number of hydrazine groups is 1. The van der Waals surface area contributed by atoms with Gasteiger partial charge in [-0.15, -0.1) is 0 Å². The maximum absolute atomic E-state index is 12.6. The zero-order valence-corrected chi connectivity index (χ0v) is 13.9. The van der Waals surface area contributed by atoms with Gasteiger partial charge in [-0.1, -0.05) is 43.0 Å². The highest BCUT2D eigenvalue weighted by Crippen LogP contribution is 2.21. The van der Waals surface area contributed by atoms with E-state index in [4.69, 9.17) is 10.3 Å². The van der Waals surface area contributed by atoms with Crippen molar-refractivity contribution >= 4 is 11.6 Å². The molecule has 0 fully saturated rings. The fourth-order valence-electron chi connectivity index (χ4n) is 2.41. The number of furan rings is 1. The first-order valence-corrected chi connectivity index (χ1v) is 7.85. The number of aliphatic hydroxyl groups is 1. The summed E-state index contributed by atoms with van der Waals surface area (Å²) in [5.41, 5.74) is 2.16. The third kappa shape index (κ3) is 3.57. The second-order valence-corrected chi connectivity index (χ2v) is 5.49. The highest BCUT2D eigenvalue weighted by molar-refractivity contribution is 6.10. The molecular formula is C19H18N4O3. The molecule has 0 saturated heterocycles. The maximum atomic E-state index is 12.6. The summed E-state index contributed by atoms with van der Waals surface area (Å²) in [6.45, 7) is 4.01. The molecule has 0 saturated carbocycles. The number of hydrogen-bond acceptors (Lipinski definition) is 6. The predicted octanol–water partition coefficient (Wildman–Crippen LogP) is 2.37. The van der Waals surface area contributed by atoms with Crippen molar-refractivity contribution in [2.45, 2.75) is 6.54 Å². The van der Waals surface area contributed by atoms with Crippen LogP contribution in [0.4, 0.5) is 0 Å². The Labute approximate surface area is 150 Å². The Morgan fingerprint density at radius 1 is 1.35 bits per heavy atom. The molecule has 7 heteroatoms. The first kappa shape index (κ1) is 17.2. The number of aliphatic hydroxyl groups excluding tert-OH is 1. The van der Waals surface area contributed by atoms with Gasteiger partial charge in [-0.3, -0.25) is 4.79 Å². The minimum Gasteiger partial charge on any atom is -0.493 e. The Balaban J connectivity index is 1.90. The number of carbonyl (C=O) groups excluding carboxylic acids is 1. The summed E-state index contributed by atoms with van der Waals surface area (Å²) in [5, 5.41) is 13.8. The minimum atomic E-state index is -0.403. The number of carbonyl (C=O) groups is 1. The highest BCUT2D eigenvalue weighted by atomic mass is 16.3. The number of benzene rings is 1. The van der Waals surface area contributed by atoms with E-state index in [1.807, 2.05) is 30.3 Å². The normalized spacial score (nSPS) is 15.8. The van der Waals surface area contributed by atoms with Crippen molar-refractivity contribution < 1.29 is 14.3 Å². The SMILES string of the molecule is C=C/C(C(=O)NCc1ccccc1)=C1/N=C(c2ccoc2)C=C(O)N1N. The van der Waals surface area contributed by atoms with Gasteiger partial charge in [-0.25, -0.2) is 15.8 Å². The van der Waals surface area contributed by atoms with E-state index in [0.717, 1.165) is 10.6 Å². The van der Waals surface area contributed by atoms with E-state index in [2.05, 4.69) is 16.9 Å². The molecular weight excluding hydrogens is 332 g/mol. The molecule has 1 aromatic carbocycles. The molecule has 1 amide bonds. The number of nitrogens with two attached hydrogens (primary N) is 1. The summed E-state index contributed by atoms with van der Waals surface area (Å²) in [6.07, 6.45) is 5.71. The average molecular weight is 350 g/mol. The Bertz CT molecular complexity index is 896. The summed E-state index contributed by atoms with van der Waals surface area (Å²) in [6, 6.07) is 11.2. The first-order chi connectivity index (χ1) is 12.6. The number of allylic oxidation sites excluding steroid dienone is 1. The number of amides is 1. The third-order valence-corrected chi connectivity index (χ3v) is 3.77. The van der Waals surface area contributed by atoms with Crippen LogP contribution in [0, 0.1) is 0 Å². The van der Waals surface area contributed by atoms with Crippen molar-refractivity contribution in [3.8, 4) is 0 Å². The van der Waals surface area contributed by atoms with Crippen molar-refractivity contribution in [1.29, 1.82) is 0 Å². The molecule has 1 aliphatic rings. The van der Waals surface area contributed by atoms with Gasteiger partial charge in [-0.05, 0) is 11.6 Å². The zero-order valence-electron chi connectivity index (χ0n) is 13.9. The van der Waals surface area contributed by atoms with E-state index in [-0.39, 0.29) is 17.3 Å². The summed E-state index contributed by atoms with van der Waals surface area (Å²) in [5.74, 6) is 5.29. The predicted molar refractivity (Wildman–Crippen MR) is 97.5 cm³/mol. The lowest BCUT2D eigenvalue weighted by molar-refractivity contribution is -0.117. The van der Waals surface area contributed by atoms with E-state index in [1.54, 1.807) is 6.07 Å². The highest BCUT2D eigenvalue weighted by Gasteiger charge is 2.23. The van der Waals surface area contributed by atoms with Gasteiger partial charge in [0.25, 0.3) is 5.91 Å². The van der Waals surface area contributed by atoms with Crippen LogP contribution in [0.5, 0.6) is 0 Å². The van der Waals surface area contributed by atoms with Crippen LogP contribution in [0.3, 0.4) is 0 Å². The van der Waals surface area contributed by atoms with Gasteiger partial charge < -0.3 is 14.8 Å². The third-order valence-electron chi connectivity index (χ3n) is 3.77. The fourth-order valence-corrected chi connectivity index (χ4v) is 2.41. The van der Waals surface area contributed by atoms with Crippen molar-refractivity contribution in [3.63, 3.8) is 0 Å². The molecule has 26 heavy (non-hydrogen) atoms. The molecule has 1 aliphatic heterocycles. The Morgan fingerprint density at radius 2 is 2.12 bits per heavy atom. The van der Waals surface area contributed by atoms with Gasteiger partial charge in [0.05, 0.1) is 23.8 Å². The van der Waals surface area contributed by atoms with Gasteiger partial charge in [0.2, 0.25) is 5.88 Å². The largest absolute Gasteiger partial charge is 0.493 e. The van der Waals surface area contributed by atoms with Gasteiger partial charge in [0.1, 0.15) is 0 Å². The first-order valence-electron chi connectivity index (χ1n) is 7.85. The van der Waals surface area contributed by atoms with E-state index in [0.29, 0.717) is 17.8 Å². The van der Waals surface area contributed by atoms with Crippen LogP contribution < -0.4 is 11.2 Å². The number of nitrogens with zero attached hydrogens (tertiary/aromatic N) is 2. The monoisotopic (exact) mass is 350 g/mol. The van der Waals surface area contributed by atoms with Gasteiger partial charge in [-0.2, -0.15) is 0 Å². The molecule has 3 rings (SSSR count). The molecule has 0 unspecified atom stereocenters. The lowest BCUT2D eigenvalue weighted by Crippen LogP contribution is -2.35. The quantitative estimate of drug-likeness (QED) is 0.567. The van der Waals surface area contributed by atoms with Crippen molar-refractivity contribution in [2.75, 3.05) is 0 Å². The van der Waals surface area contributed by atoms with E-state index in [9.17, 15) is 9.90 Å². The number of rotatable bonds is 5. The van der Waals surface area contributed by atoms with Gasteiger partial charge in [0, 0.05) is 18.2 Å². The summed E-state index contributed by atoms with van der Waals surface area (Å²) in [7, 11) is 0. The maximum Gasteiger partial charge on any atom is 0.255 e. The molecule has 4 N–H and O–H groups in total. The van der Waals surface area contributed by atoms with Crippen molar-refractivity contribution in [1.82, 2.24) is 10.3 Å². The van der Waals surface area contributed by atoms with Gasteiger partial charge in [0.15, 0.2) is 5.82 Å². The van der Waals surface area contributed by atoms with Crippen LogP contribution in [0.25, 0.3) is 0 Å². The average Bonchev–Trinajstić information content (AvgIpc) is 3.19. The second kappa shape index (κ2) is 7.54. The van der Waals surface area contributed by atoms with E-state index < -0.39 is 5.91 Å². The molecule has 2 aromatic rings. The molecule has 0 radical (unpaired) electrons. The van der Waals surface area contributed by atoms with Crippen LogP contribution >= 0.6 is 0 Å². The lowest BCUT2D eigenvalue weighted by Gasteiger charge is -2.24. The number of nitrogens with one attached hydrogen (secondary N) is 1. The summed E-state index contributed by atoms with van der Waals surface area (Å²) < 4.78 is 5.03. The van der Waals surface area contributed by atoms with Crippen molar-refractivity contribution in [3.05, 3.63) is 96.1 Å². The standard InChI is InChI=1S/C19H18N4O3/c1-2-15(19(25)21-11-13-6-4-3-5-7-13)18-22-16(10-17(24)23(18)20)14-8-9-26-12-14/h2-10,12,24H,1,11,20H2,(H,21,25)/b18-15+. The van der Waals surface area contributed by atoms with Gasteiger partial charge >= 0.3 is 0 Å². The summed E-state index contributed by atoms with van der Waals surface area (Å²) >= 11 is 0. The Morgan fingerprint density at radius 3 is 2.77 bits per heavy atom. The van der Waals surface area contributed by atoms with Crippen molar-refractivity contribution in [2.24, 2.45) is 10.8 Å². The number of hydrogen-bond donors (Lipinski definition) is 3. The van der Waals surface area contributed by atoms with Crippen LogP contribution in [0.15, 0.2) is 94.3 Å². The molecule has 0 bridgehead atoms. The molecule has 0 aliphatic carbocycles. The van der Waals surface area contributed by atoms with Crippen LogP contribution in [0.2, 0.25) is 0 Å². The molecule has 2 heterocycles. The Hall–Kier alpha value is -3.58. The fraction of sp³-hybridized carbons (Fsp3) is 0.0526. The smallest absolute Gasteiger partial charge is 0.255 e. The topological polar surface area (TPSA) is 104 Å². The van der Waals surface area contributed by atoms with E-state index >= 15 is 0 Å². The molecule has 7 nitrogen and oxygen atoms in total. The lowest BCUT2D eigenvalue weighted by atomic mass is 10.1. The number of aliphatic imine (C=N–C) groups is 1.